The Morgan fingerprint density at radius 1 is 1.06 bits per heavy atom. The fourth-order valence-electron chi connectivity index (χ4n) is 4.84. The average molecular weight is 482 g/mol. The molecule has 1 aromatic heterocycles. The van der Waals surface area contributed by atoms with E-state index in [4.69, 9.17) is 4.74 Å². The molecule has 2 N–H and O–H groups in total. The predicted octanol–water partition coefficient (Wildman–Crippen LogP) is 3.16. The third-order valence-corrected chi connectivity index (χ3v) is 7.81. The summed E-state index contributed by atoms with van der Waals surface area (Å²) in [4.78, 5) is 53.3. The van der Waals surface area contributed by atoms with Gasteiger partial charge < -0.3 is 15.4 Å². The Bertz CT molecular complexity index is 1120. The molecule has 178 valence electrons. The number of aryl methyl sites for hydroxylation is 1. The summed E-state index contributed by atoms with van der Waals surface area (Å²) in [7, 11) is 0. The van der Waals surface area contributed by atoms with Crippen LogP contribution in [-0.4, -0.2) is 54.3 Å². The SMILES string of the molecule is O=C(CCN1C(=O)c2ccccc2C1=O)Nc1sc2c(c1C(=O)NC[C@H]1CCCO1)CCCC2. The number of nitrogens with zero attached hydrogens (tertiary/aromatic N) is 1. The molecular formula is C25H27N3O5S. The van der Waals surface area contributed by atoms with Gasteiger partial charge in [-0.3, -0.25) is 24.1 Å². The largest absolute Gasteiger partial charge is 0.376 e. The lowest BCUT2D eigenvalue weighted by atomic mass is 9.95. The first-order valence-electron chi connectivity index (χ1n) is 11.8. The van der Waals surface area contributed by atoms with Crippen molar-refractivity contribution in [3.63, 3.8) is 0 Å². The number of hydrogen-bond donors (Lipinski definition) is 2. The van der Waals surface area contributed by atoms with Crippen LogP contribution in [0.4, 0.5) is 5.00 Å². The highest BCUT2D eigenvalue weighted by atomic mass is 32.1. The lowest BCUT2D eigenvalue weighted by Crippen LogP contribution is -2.34. The number of fused-ring (bicyclic) bond motifs is 2. The minimum absolute atomic E-state index is 0.0101. The van der Waals surface area contributed by atoms with Crippen molar-refractivity contribution in [2.24, 2.45) is 0 Å². The van der Waals surface area contributed by atoms with Crippen molar-refractivity contribution < 1.29 is 23.9 Å². The van der Waals surface area contributed by atoms with Gasteiger partial charge in [0, 0.05) is 31.0 Å². The number of benzene rings is 1. The Morgan fingerprint density at radius 3 is 2.50 bits per heavy atom. The van der Waals surface area contributed by atoms with Gasteiger partial charge in [-0.05, 0) is 56.2 Å². The van der Waals surface area contributed by atoms with E-state index in [0.717, 1.165) is 60.5 Å². The van der Waals surface area contributed by atoms with Gasteiger partial charge in [-0.1, -0.05) is 12.1 Å². The zero-order valence-electron chi connectivity index (χ0n) is 18.9. The number of imide groups is 1. The molecule has 2 aromatic rings. The second-order valence-corrected chi connectivity index (χ2v) is 9.97. The first-order valence-corrected chi connectivity index (χ1v) is 12.6. The molecule has 1 aliphatic carbocycles. The summed E-state index contributed by atoms with van der Waals surface area (Å²) in [6.07, 6.45) is 5.74. The van der Waals surface area contributed by atoms with Crippen LogP contribution >= 0.6 is 11.3 Å². The van der Waals surface area contributed by atoms with Crippen LogP contribution in [0.15, 0.2) is 24.3 Å². The van der Waals surface area contributed by atoms with Gasteiger partial charge in [0.1, 0.15) is 5.00 Å². The normalized spacial score (nSPS) is 19.2. The van der Waals surface area contributed by atoms with E-state index in [1.54, 1.807) is 24.3 Å². The summed E-state index contributed by atoms with van der Waals surface area (Å²) in [5, 5.41) is 6.42. The number of carbonyl (C=O) groups excluding carboxylic acids is 4. The van der Waals surface area contributed by atoms with Crippen LogP contribution in [-0.2, 0) is 22.4 Å². The zero-order chi connectivity index (χ0) is 23.7. The molecule has 3 heterocycles. The van der Waals surface area contributed by atoms with Crippen molar-refractivity contribution in [3.05, 3.63) is 51.4 Å². The summed E-state index contributed by atoms with van der Waals surface area (Å²) in [5.41, 5.74) is 2.30. The van der Waals surface area contributed by atoms with E-state index in [2.05, 4.69) is 10.6 Å². The number of rotatable bonds is 7. The summed E-state index contributed by atoms with van der Waals surface area (Å²) in [6, 6.07) is 6.66. The number of anilines is 1. The number of nitrogens with one attached hydrogen (secondary N) is 2. The lowest BCUT2D eigenvalue weighted by Gasteiger charge is -2.15. The maximum atomic E-state index is 13.1. The second kappa shape index (κ2) is 9.68. The molecule has 0 spiro atoms. The fourth-order valence-corrected chi connectivity index (χ4v) is 6.14. The summed E-state index contributed by atoms with van der Waals surface area (Å²) < 4.78 is 5.61. The van der Waals surface area contributed by atoms with E-state index in [0.29, 0.717) is 28.2 Å². The molecular weight excluding hydrogens is 454 g/mol. The smallest absolute Gasteiger partial charge is 0.261 e. The highest BCUT2D eigenvalue weighted by Crippen LogP contribution is 2.38. The van der Waals surface area contributed by atoms with Crippen LogP contribution < -0.4 is 10.6 Å². The number of hydrogen-bond acceptors (Lipinski definition) is 6. The lowest BCUT2D eigenvalue weighted by molar-refractivity contribution is -0.116. The predicted molar refractivity (Wildman–Crippen MR) is 127 cm³/mol. The van der Waals surface area contributed by atoms with E-state index in [9.17, 15) is 19.2 Å². The van der Waals surface area contributed by atoms with Crippen LogP contribution in [0.1, 0.15) is 73.6 Å². The molecule has 4 amide bonds. The molecule has 9 heteroatoms. The molecule has 1 aromatic carbocycles. The van der Waals surface area contributed by atoms with Crippen molar-refractivity contribution >= 4 is 40.0 Å². The van der Waals surface area contributed by atoms with Crippen molar-refractivity contribution in [1.82, 2.24) is 10.2 Å². The molecule has 3 aliphatic rings. The Balaban J connectivity index is 1.26. The third-order valence-electron chi connectivity index (χ3n) is 6.61. The van der Waals surface area contributed by atoms with Gasteiger partial charge in [0.2, 0.25) is 5.91 Å². The van der Waals surface area contributed by atoms with E-state index in [1.807, 2.05) is 0 Å². The number of amides is 4. The summed E-state index contributed by atoms with van der Waals surface area (Å²) >= 11 is 1.45. The van der Waals surface area contributed by atoms with Gasteiger partial charge in [-0.15, -0.1) is 11.3 Å². The van der Waals surface area contributed by atoms with Gasteiger partial charge in [-0.25, -0.2) is 0 Å². The van der Waals surface area contributed by atoms with Crippen LogP contribution in [0, 0.1) is 0 Å². The first kappa shape index (κ1) is 22.7. The van der Waals surface area contributed by atoms with E-state index in [1.165, 1.54) is 11.3 Å². The van der Waals surface area contributed by atoms with Gasteiger partial charge in [0.25, 0.3) is 17.7 Å². The second-order valence-electron chi connectivity index (χ2n) is 8.87. The molecule has 0 bridgehead atoms. The molecule has 0 radical (unpaired) electrons. The number of carbonyl (C=O) groups is 4. The van der Waals surface area contributed by atoms with E-state index < -0.39 is 0 Å². The van der Waals surface area contributed by atoms with Crippen molar-refractivity contribution in [2.75, 3.05) is 25.0 Å². The van der Waals surface area contributed by atoms with E-state index in [-0.39, 0.29) is 42.7 Å². The van der Waals surface area contributed by atoms with Gasteiger partial charge >= 0.3 is 0 Å². The van der Waals surface area contributed by atoms with Gasteiger partial charge in [-0.2, -0.15) is 0 Å². The van der Waals surface area contributed by atoms with Gasteiger partial charge in [0.05, 0.1) is 22.8 Å². The quantitative estimate of drug-likeness (QED) is 0.591. The van der Waals surface area contributed by atoms with Crippen LogP contribution in [0.2, 0.25) is 0 Å². The Kier molecular flexibility index (Phi) is 6.47. The monoisotopic (exact) mass is 481 g/mol. The fraction of sp³-hybridized carbons (Fsp3) is 0.440. The standard InChI is InChI=1S/C25H27N3O5S/c29-20(11-12-28-24(31)16-7-1-2-8-17(16)25(28)32)27-23-21(18-9-3-4-10-19(18)34-23)22(30)26-14-15-6-5-13-33-15/h1-2,7-8,15H,3-6,9-14H2,(H,26,30)(H,27,29)/t15-/m1/s1. The average Bonchev–Trinajstić information content (AvgIpc) is 3.54. The summed E-state index contributed by atoms with van der Waals surface area (Å²) in [6.45, 7) is 1.17. The van der Waals surface area contributed by atoms with Gasteiger partial charge in [0.15, 0.2) is 0 Å². The molecule has 1 fully saturated rings. The number of ether oxygens (including phenoxy) is 1. The van der Waals surface area contributed by atoms with Crippen molar-refractivity contribution in [3.8, 4) is 0 Å². The highest BCUT2D eigenvalue weighted by molar-refractivity contribution is 7.17. The minimum Gasteiger partial charge on any atom is -0.376 e. The molecule has 2 aliphatic heterocycles. The maximum Gasteiger partial charge on any atom is 0.261 e. The van der Waals surface area contributed by atoms with Crippen molar-refractivity contribution in [2.45, 2.75) is 51.0 Å². The topological polar surface area (TPSA) is 105 Å². The van der Waals surface area contributed by atoms with Crippen LogP contribution in [0.5, 0.6) is 0 Å². The molecule has 8 nitrogen and oxygen atoms in total. The Morgan fingerprint density at radius 2 is 1.79 bits per heavy atom. The maximum absolute atomic E-state index is 13.1. The van der Waals surface area contributed by atoms with Crippen LogP contribution in [0.3, 0.4) is 0 Å². The highest BCUT2D eigenvalue weighted by Gasteiger charge is 2.35. The molecule has 5 rings (SSSR count). The third kappa shape index (κ3) is 4.37. The molecule has 1 atom stereocenters. The Hall–Kier alpha value is -3.04. The summed E-state index contributed by atoms with van der Waals surface area (Å²) in [5.74, 6) is -1.28. The Labute approximate surface area is 201 Å². The molecule has 0 unspecified atom stereocenters. The zero-order valence-corrected chi connectivity index (χ0v) is 19.7. The van der Waals surface area contributed by atoms with Crippen LogP contribution in [0.25, 0.3) is 0 Å². The van der Waals surface area contributed by atoms with E-state index >= 15 is 0 Å². The number of thiophene rings is 1. The van der Waals surface area contributed by atoms with Crippen molar-refractivity contribution in [1.29, 1.82) is 0 Å². The molecule has 0 saturated carbocycles. The molecule has 34 heavy (non-hydrogen) atoms. The molecule has 1 saturated heterocycles. The minimum atomic E-state index is -0.380. The first-order chi connectivity index (χ1) is 16.5.